The highest BCUT2D eigenvalue weighted by Crippen LogP contribution is 2.35. The molecule has 1 saturated heterocycles. The highest BCUT2D eigenvalue weighted by molar-refractivity contribution is 5.81. The third-order valence-electron chi connectivity index (χ3n) is 5.56. The Morgan fingerprint density at radius 3 is 2.62 bits per heavy atom. The van der Waals surface area contributed by atoms with Crippen LogP contribution in [0.1, 0.15) is 32.6 Å². The third kappa shape index (κ3) is 3.25. The van der Waals surface area contributed by atoms with Crippen molar-refractivity contribution in [3.05, 3.63) is 0 Å². The van der Waals surface area contributed by atoms with Gasteiger partial charge in [0.25, 0.3) is 0 Å². The summed E-state index contributed by atoms with van der Waals surface area (Å²) in [4.78, 5) is 17.1. The highest BCUT2D eigenvalue weighted by atomic mass is 16.5. The fraction of sp³-hybridized carbons (Fsp3) is 0.938. The van der Waals surface area contributed by atoms with Gasteiger partial charge in [-0.3, -0.25) is 9.69 Å². The molecule has 1 aliphatic carbocycles. The molecule has 0 radical (unpaired) electrons. The van der Waals surface area contributed by atoms with Gasteiger partial charge in [-0.15, -0.1) is 0 Å². The SMILES string of the molecule is CNC1(C(=O)OC)CCCC(N2CC(C)C(N(C)C)C2)C1. The smallest absolute Gasteiger partial charge is 0.326 e. The van der Waals surface area contributed by atoms with Crippen LogP contribution in [0.4, 0.5) is 0 Å². The molecule has 2 rings (SSSR count). The first kappa shape index (κ1) is 16.7. The lowest BCUT2D eigenvalue weighted by atomic mass is 9.78. The molecule has 1 aliphatic heterocycles. The van der Waals surface area contributed by atoms with Crippen molar-refractivity contribution in [3.8, 4) is 0 Å². The van der Waals surface area contributed by atoms with E-state index in [1.54, 1.807) is 0 Å². The molecule has 2 fully saturated rings. The predicted molar refractivity (Wildman–Crippen MR) is 84.3 cm³/mol. The first-order chi connectivity index (χ1) is 9.93. The molecular weight excluding hydrogens is 266 g/mol. The molecule has 1 saturated carbocycles. The van der Waals surface area contributed by atoms with E-state index in [2.05, 4.69) is 36.1 Å². The van der Waals surface area contributed by atoms with E-state index >= 15 is 0 Å². The van der Waals surface area contributed by atoms with Crippen LogP contribution >= 0.6 is 0 Å². The standard InChI is InChI=1S/C16H31N3O2/c1-12-10-19(11-14(12)18(3)4)13-7-6-8-16(9-13,17-2)15(20)21-5/h12-14,17H,6-11H2,1-5H3. The first-order valence-electron chi connectivity index (χ1n) is 8.11. The van der Waals surface area contributed by atoms with Crippen molar-refractivity contribution >= 4 is 5.97 Å². The second kappa shape index (κ2) is 6.63. The van der Waals surface area contributed by atoms with Gasteiger partial charge in [0.05, 0.1) is 7.11 Å². The number of ether oxygens (including phenoxy) is 1. The first-order valence-corrected chi connectivity index (χ1v) is 8.11. The molecule has 1 N–H and O–H groups in total. The van der Waals surface area contributed by atoms with E-state index in [1.807, 2.05) is 7.05 Å². The van der Waals surface area contributed by atoms with E-state index in [-0.39, 0.29) is 5.97 Å². The predicted octanol–water partition coefficient (Wildman–Crippen LogP) is 0.942. The molecule has 0 amide bonds. The minimum absolute atomic E-state index is 0.105. The van der Waals surface area contributed by atoms with Gasteiger partial charge in [0.1, 0.15) is 5.54 Å². The fourth-order valence-electron chi connectivity index (χ4n) is 4.22. The van der Waals surface area contributed by atoms with Crippen LogP contribution in [0.25, 0.3) is 0 Å². The van der Waals surface area contributed by atoms with Crippen molar-refractivity contribution < 1.29 is 9.53 Å². The maximum Gasteiger partial charge on any atom is 0.326 e. The molecule has 0 aromatic carbocycles. The molecule has 4 unspecified atom stereocenters. The number of rotatable bonds is 4. The number of carbonyl (C=O) groups excluding carboxylic acids is 1. The number of hydrogen-bond donors (Lipinski definition) is 1. The Labute approximate surface area is 129 Å². The van der Waals surface area contributed by atoms with Crippen LogP contribution in [-0.2, 0) is 9.53 Å². The van der Waals surface area contributed by atoms with E-state index in [4.69, 9.17) is 4.74 Å². The summed E-state index contributed by atoms with van der Waals surface area (Å²) in [6.07, 6.45) is 4.02. The van der Waals surface area contributed by atoms with E-state index in [1.165, 1.54) is 13.5 Å². The topological polar surface area (TPSA) is 44.8 Å². The molecule has 1 heterocycles. The van der Waals surface area contributed by atoms with Crippen molar-refractivity contribution in [1.29, 1.82) is 0 Å². The Balaban J connectivity index is 2.06. The number of carbonyl (C=O) groups is 1. The van der Waals surface area contributed by atoms with Gasteiger partial charge in [-0.2, -0.15) is 0 Å². The van der Waals surface area contributed by atoms with E-state index in [0.29, 0.717) is 18.0 Å². The average molecular weight is 297 g/mol. The minimum Gasteiger partial charge on any atom is -0.468 e. The van der Waals surface area contributed by atoms with Crippen molar-refractivity contribution in [2.75, 3.05) is 41.3 Å². The van der Waals surface area contributed by atoms with E-state index < -0.39 is 5.54 Å². The summed E-state index contributed by atoms with van der Waals surface area (Å²) in [7, 11) is 7.70. The van der Waals surface area contributed by atoms with Crippen molar-refractivity contribution in [2.45, 2.75) is 50.2 Å². The normalized spacial score (nSPS) is 37.9. The molecule has 122 valence electrons. The summed E-state index contributed by atoms with van der Waals surface area (Å²) in [6, 6.07) is 1.10. The lowest BCUT2D eigenvalue weighted by Crippen LogP contribution is -2.57. The molecule has 0 bridgehead atoms. The second-order valence-electron chi connectivity index (χ2n) is 7.04. The quantitative estimate of drug-likeness (QED) is 0.783. The maximum atomic E-state index is 12.2. The third-order valence-corrected chi connectivity index (χ3v) is 5.56. The van der Waals surface area contributed by atoms with E-state index in [9.17, 15) is 4.79 Å². The summed E-state index contributed by atoms with van der Waals surface area (Å²) < 4.78 is 5.05. The maximum absolute atomic E-state index is 12.2. The largest absolute Gasteiger partial charge is 0.468 e. The number of likely N-dealkylation sites (tertiary alicyclic amines) is 1. The molecule has 4 atom stereocenters. The van der Waals surface area contributed by atoms with Gasteiger partial charge < -0.3 is 15.0 Å². The zero-order valence-corrected chi connectivity index (χ0v) is 14.2. The summed E-state index contributed by atoms with van der Waals surface area (Å²) in [5.74, 6) is 0.579. The summed E-state index contributed by atoms with van der Waals surface area (Å²) in [5, 5.41) is 3.26. The second-order valence-corrected chi connectivity index (χ2v) is 7.04. The molecule has 5 nitrogen and oxygen atoms in total. The van der Waals surface area contributed by atoms with E-state index in [0.717, 1.165) is 32.4 Å². The van der Waals surface area contributed by atoms with Gasteiger partial charge in [-0.1, -0.05) is 6.92 Å². The van der Waals surface area contributed by atoms with Gasteiger partial charge >= 0.3 is 5.97 Å². The summed E-state index contributed by atoms with van der Waals surface area (Å²) in [5.41, 5.74) is -0.489. The number of methoxy groups -OCH3 is 1. The lowest BCUT2D eigenvalue weighted by Gasteiger charge is -2.42. The van der Waals surface area contributed by atoms with Crippen molar-refractivity contribution in [3.63, 3.8) is 0 Å². The van der Waals surface area contributed by atoms with Gasteiger partial charge in [-0.25, -0.2) is 0 Å². The Morgan fingerprint density at radius 2 is 2.10 bits per heavy atom. The Bertz CT molecular complexity index is 375. The van der Waals surface area contributed by atoms with Crippen LogP contribution in [0.5, 0.6) is 0 Å². The zero-order valence-electron chi connectivity index (χ0n) is 14.2. The fourth-order valence-corrected chi connectivity index (χ4v) is 4.22. The number of nitrogens with one attached hydrogen (secondary N) is 1. The molecule has 5 heteroatoms. The minimum atomic E-state index is -0.489. The lowest BCUT2D eigenvalue weighted by molar-refractivity contribution is -0.151. The van der Waals surface area contributed by atoms with Crippen molar-refractivity contribution in [1.82, 2.24) is 15.1 Å². The van der Waals surface area contributed by atoms with Crippen LogP contribution in [0.2, 0.25) is 0 Å². The Morgan fingerprint density at radius 1 is 1.38 bits per heavy atom. The molecular formula is C16H31N3O2. The Kier molecular flexibility index (Phi) is 5.28. The van der Waals surface area contributed by atoms with Crippen LogP contribution in [0, 0.1) is 5.92 Å². The zero-order chi connectivity index (χ0) is 15.6. The van der Waals surface area contributed by atoms with Crippen LogP contribution in [0.15, 0.2) is 0 Å². The highest BCUT2D eigenvalue weighted by Gasteiger charge is 2.45. The molecule has 0 spiro atoms. The van der Waals surface area contributed by atoms with Gasteiger partial charge in [-0.05, 0) is 52.7 Å². The van der Waals surface area contributed by atoms with Crippen LogP contribution in [-0.4, -0.2) is 74.7 Å². The van der Waals surface area contributed by atoms with Gasteiger partial charge in [0, 0.05) is 25.2 Å². The molecule has 2 aliphatic rings. The number of likely N-dealkylation sites (N-methyl/N-ethyl adjacent to an activating group) is 2. The molecule has 0 aromatic heterocycles. The van der Waals surface area contributed by atoms with Gasteiger partial charge in [0.2, 0.25) is 0 Å². The van der Waals surface area contributed by atoms with Gasteiger partial charge in [0.15, 0.2) is 0 Å². The molecule has 21 heavy (non-hydrogen) atoms. The summed E-state index contributed by atoms with van der Waals surface area (Å²) in [6.45, 7) is 4.58. The average Bonchev–Trinajstić information content (AvgIpc) is 2.88. The number of nitrogens with zero attached hydrogens (tertiary/aromatic N) is 2. The van der Waals surface area contributed by atoms with Crippen LogP contribution < -0.4 is 5.32 Å². The molecule has 0 aromatic rings. The Hall–Kier alpha value is -0.650. The van der Waals surface area contributed by atoms with Crippen molar-refractivity contribution in [2.24, 2.45) is 5.92 Å². The van der Waals surface area contributed by atoms with Crippen LogP contribution in [0.3, 0.4) is 0 Å². The number of esters is 1. The monoisotopic (exact) mass is 297 g/mol. The number of hydrogen-bond acceptors (Lipinski definition) is 5. The summed E-state index contributed by atoms with van der Waals surface area (Å²) >= 11 is 0.